The Labute approximate surface area is 98.2 Å². The molecule has 0 aromatic carbocycles. The van der Waals surface area contributed by atoms with Gasteiger partial charge in [0.25, 0.3) is 0 Å². The number of carboxylic acid groups (broad SMARTS) is 1. The van der Waals surface area contributed by atoms with Crippen molar-refractivity contribution in [1.29, 1.82) is 0 Å². The molecule has 1 atom stereocenters. The summed E-state index contributed by atoms with van der Waals surface area (Å²) in [6, 6.07) is 0.598. The molecule has 1 fully saturated rings. The molecule has 0 bridgehead atoms. The number of carboxylic acids is 1. The van der Waals surface area contributed by atoms with Crippen LogP contribution in [0.25, 0.3) is 0 Å². The van der Waals surface area contributed by atoms with Crippen molar-refractivity contribution in [3.05, 3.63) is 0 Å². The van der Waals surface area contributed by atoms with Gasteiger partial charge in [0, 0.05) is 19.0 Å². The highest BCUT2D eigenvalue weighted by Gasteiger charge is 2.21. The Bertz CT molecular complexity index is 221. The maximum Gasteiger partial charge on any atom is 0.303 e. The van der Waals surface area contributed by atoms with Gasteiger partial charge in [-0.2, -0.15) is 0 Å². The SMILES string of the molecule is CCC1CN(C)CCCN1CCCC(=O)O. The third-order valence-electron chi connectivity index (χ3n) is 3.33. The van der Waals surface area contributed by atoms with Gasteiger partial charge in [-0.3, -0.25) is 9.69 Å². The first kappa shape index (κ1) is 13.5. The summed E-state index contributed by atoms with van der Waals surface area (Å²) in [7, 11) is 2.17. The van der Waals surface area contributed by atoms with Crippen molar-refractivity contribution in [1.82, 2.24) is 9.80 Å². The summed E-state index contributed by atoms with van der Waals surface area (Å²) in [5.41, 5.74) is 0. The van der Waals surface area contributed by atoms with Crippen molar-refractivity contribution in [2.75, 3.05) is 33.2 Å². The van der Waals surface area contributed by atoms with Gasteiger partial charge in [0.15, 0.2) is 0 Å². The molecule has 1 unspecified atom stereocenters. The number of hydrogen-bond donors (Lipinski definition) is 1. The van der Waals surface area contributed by atoms with Crippen molar-refractivity contribution >= 4 is 5.97 Å². The van der Waals surface area contributed by atoms with Crippen LogP contribution in [0.1, 0.15) is 32.6 Å². The molecule has 1 saturated heterocycles. The van der Waals surface area contributed by atoms with Crippen LogP contribution in [-0.2, 0) is 4.79 Å². The lowest BCUT2D eigenvalue weighted by Crippen LogP contribution is -2.40. The Morgan fingerprint density at radius 1 is 1.44 bits per heavy atom. The van der Waals surface area contributed by atoms with Crippen molar-refractivity contribution in [2.24, 2.45) is 0 Å². The predicted octanol–water partition coefficient (Wildman–Crippen LogP) is 1.27. The lowest BCUT2D eigenvalue weighted by molar-refractivity contribution is -0.137. The zero-order valence-electron chi connectivity index (χ0n) is 10.5. The minimum absolute atomic E-state index is 0.294. The second-order valence-electron chi connectivity index (χ2n) is 4.71. The minimum Gasteiger partial charge on any atom is -0.481 e. The van der Waals surface area contributed by atoms with E-state index in [-0.39, 0.29) is 0 Å². The molecule has 0 amide bonds. The van der Waals surface area contributed by atoms with Gasteiger partial charge >= 0.3 is 5.97 Å². The van der Waals surface area contributed by atoms with Crippen LogP contribution in [0, 0.1) is 0 Å². The van der Waals surface area contributed by atoms with E-state index in [0.29, 0.717) is 12.5 Å². The number of carbonyl (C=O) groups is 1. The normalized spacial score (nSPS) is 24.2. The number of rotatable bonds is 5. The van der Waals surface area contributed by atoms with E-state index in [2.05, 4.69) is 23.8 Å². The molecule has 1 aliphatic rings. The molecule has 94 valence electrons. The predicted molar refractivity (Wildman–Crippen MR) is 64.6 cm³/mol. The molecular weight excluding hydrogens is 204 g/mol. The first-order valence-electron chi connectivity index (χ1n) is 6.28. The Balaban J connectivity index is 2.38. The van der Waals surface area contributed by atoms with Crippen LogP contribution in [-0.4, -0.2) is 60.1 Å². The molecular formula is C12H24N2O2. The maximum atomic E-state index is 10.5. The average Bonchev–Trinajstić information content (AvgIpc) is 2.40. The Morgan fingerprint density at radius 2 is 2.19 bits per heavy atom. The molecule has 1 N–H and O–H groups in total. The van der Waals surface area contributed by atoms with Crippen LogP contribution in [0.3, 0.4) is 0 Å². The molecule has 0 aromatic rings. The standard InChI is InChI=1S/C12H24N2O2/c1-3-11-10-13(2)7-5-9-14(11)8-4-6-12(15)16/h11H,3-10H2,1-2H3,(H,15,16). The smallest absolute Gasteiger partial charge is 0.303 e. The van der Waals surface area contributed by atoms with Crippen molar-refractivity contribution in [2.45, 2.75) is 38.6 Å². The van der Waals surface area contributed by atoms with Crippen LogP contribution < -0.4 is 0 Å². The van der Waals surface area contributed by atoms with E-state index < -0.39 is 5.97 Å². The lowest BCUT2D eigenvalue weighted by Gasteiger charge is -2.29. The zero-order valence-corrected chi connectivity index (χ0v) is 10.5. The van der Waals surface area contributed by atoms with E-state index in [1.807, 2.05) is 0 Å². The Morgan fingerprint density at radius 3 is 2.81 bits per heavy atom. The number of likely N-dealkylation sites (N-methyl/N-ethyl adjacent to an activating group) is 1. The summed E-state index contributed by atoms with van der Waals surface area (Å²) >= 11 is 0. The molecule has 0 spiro atoms. The van der Waals surface area contributed by atoms with E-state index in [1.54, 1.807) is 0 Å². The number of aliphatic carboxylic acids is 1. The minimum atomic E-state index is -0.681. The van der Waals surface area contributed by atoms with Crippen LogP contribution >= 0.6 is 0 Å². The monoisotopic (exact) mass is 228 g/mol. The van der Waals surface area contributed by atoms with Crippen LogP contribution in [0.4, 0.5) is 0 Å². The highest BCUT2D eigenvalue weighted by atomic mass is 16.4. The molecule has 0 aromatic heterocycles. The van der Waals surface area contributed by atoms with Crippen LogP contribution in [0.2, 0.25) is 0 Å². The lowest BCUT2D eigenvalue weighted by atomic mass is 10.1. The average molecular weight is 228 g/mol. The molecule has 0 aliphatic carbocycles. The number of nitrogens with zero attached hydrogens (tertiary/aromatic N) is 2. The summed E-state index contributed by atoms with van der Waals surface area (Å²) in [6.45, 7) is 6.53. The molecule has 4 nitrogen and oxygen atoms in total. The quantitative estimate of drug-likeness (QED) is 0.769. The molecule has 16 heavy (non-hydrogen) atoms. The summed E-state index contributed by atoms with van der Waals surface area (Å²) in [5, 5.41) is 8.64. The van der Waals surface area contributed by atoms with Crippen LogP contribution in [0.5, 0.6) is 0 Å². The third kappa shape index (κ3) is 4.49. The Kier molecular flexibility index (Phi) is 5.77. The summed E-state index contributed by atoms with van der Waals surface area (Å²) < 4.78 is 0. The fourth-order valence-electron chi connectivity index (χ4n) is 2.41. The summed E-state index contributed by atoms with van der Waals surface area (Å²) in [6.07, 6.45) is 3.41. The maximum absolute atomic E-state index is 10.5. The van der Waals surface area contributed by atoms with Crippen LogP contribution in [0.15, 0.2) is 0 Å². The van der Waals surface area contributed by atoms with Gasteiger partial charge in [-0.05, 0) is 45.9 Å². The molecule has 4 heteroatoms. The zero-order chi connectivity index (χ0) is 12.0. The molecule has 1 heterocycles. The second-order valence-corrected chi connectivity index (χ2v) is 4.71. The third-order valence-corrected chi connectivity index (χ3v) is 3.33. The molecule has 1 rings (SSSR count). The van der Waals surface area contributed by atoms with Gasteiger partial charge in [0.2, 0.25) is 0 Å². The second kappa shape index (κ2) is 6.86. The first-order chi connectivity index (χ1) is 7.63. The van der Waals surface area contributed by atoms with E-state index in [0.717, 1.165) is 39.0 Å². The molecule has 1 aliphatic heterocycles. The van der Waals surface area contributed by atoms with Gasteiger partial charge in [-0.1, -0.05) is 6.92 Å². The van der Waals surface area contributed by atoms with Gasteiger partial charge in [-0.15, -0.1) is 0 Å². The number of hydrogen-bond acceptors (Lipinski definition) is 3. The molecule has 0 saturated carbocycles. The van der Waals surface area contributed by atoms with E-state index >= 15 is 0 Å². The Hall–Kier alpha value is -0.610. The van der Waals surface area contributed by atoms with Crippen molar-refractivity contribution in [3.8, 4) is 0 Å². The topological polar surface area (TPSA) is 43.8 Å². The van der Waals surface area contributed by atoms with Crippen molar-refractivity contribution in [3.63, 3.8) is 0 Å². The highest BCUT2D eigenvalue weighted by Crippen LogP contribution is 2.12. The fraction of sp³-hybridized carbons (Fsp3) is 0.917. The highest BCUT2D eigenvalue weighted by molar-refractivity contribution is 5.66. The van der Waals surface area contributed by atoms with Crippen molar-refractivity contribution < 1.29 is 9.90 Å². The van der Waals surface area contributed by atoms with Gasteiger partial charge in [-0.25, -0.2) is 0 Å². The summed E-state index contributed by atoms with van der Waals surface area (Å²) in [4.78, 5) is 15.3. The van der Waals surface area contributed by atoms with E-state index in [9.17, 15) is 4.79 Å². The first-order valence-corrected chi connectivity index (χ1v) is 6.28. The van der Waals surface area contributed by atoms with Gasteiger partial charge < -0.3 is 10.0 Å². The van der Waals surface area contributed by atoms with E-state index in [4.69, 9.17) is 5.11 Å². The fourth-order valence-corrected chi connectivity index (χ4v) is 2.41. The van der Waals surface area contributed by atoms with Gasteiger partial charge in [0.1, 0.15) is 0 Å². The largest absolute Gasteiger partial charge is 0.481 e. The van der Waals surface area contributed by atoms with Gasteiger partial charge in [0.05, 0.1) is 0 Å². The van der Waals surface area contributed by atoms with E-state index in [1.165, 1.54) is 6.42 Å². The molecule has 0 radical (unpaired) electrons. The summed E-state index contributed by atoms with van der Waals surface area (Å²) in [5.74, 6) is -0.681.